The van der Waals surface area contributed by atoms with Gasteiger partial charge in [-0.3, -0.25) is 9.36 Å². The van der Waals surface area contributed by atoms with Crippen molar-refractivity contribution in [2.75, 3.05) is 37.9 Å². The number of imidazole rings is 1. The summed E-state index contributed by atoms with van der Waals surface area (Å²) in [7, 11) is 3.72. The van der Waals surface area contributed by atoms with E-state index in [-0.39, 0.29) is 30.5 Å². The molecule has 0 amide bonds. The maximum atomic E-state index is 13.0. The number of hydrogen-bond acceptors (Lipinski definition) is 11. The minimum absolute atomic E-state index is 0.0108. The quantitative estimate of drug-likeness (QED) is 0.126. The second-order valence-corrected chi connectivity index (χ2v) is 15.8. The molecule has 244 valence electrons. The van der Waals surface area contributed by atoms with Gasteiger partial charge in [0.15, 0.2) is 17.0 Å². The Morgan fingerprint density at radius 3 is 2.72 bits per heavy atom. The Morgan fingerprint density at radius 1 is 1.26 bits per heavy atom. The Bertz CT molecular complexity index is 1810. The van der Waals surface area contributed by atoms with Crippen molar-refractivity contribution in [2.45, 2.75) is 52.5 Å². The summed E-state index contributed by atoms with van der Waals surface area (Å²) in [5, 5.41) is 4.97. The van der Waals surface area contributed by atoms with Crippen LogP contribution in [0, 0.1) is 23.7 Å². The summed E-state index contributed by atoms with van der Waals surface area (Å²) < 4.78 is 26.6. The monoisotopic (exact) mass is 665 g/mol. The topological polar surface area (TPSA) is 139 Å². The highest BCUT2D eigenvalue weighted by Crippen LogP contribution is 2.48. The van der Waals surface area contributed by atoms with Crippen LogP contribution in [-0.4, -0.2) is 64.9 Å². The Morgan fingerprint density at radius 2 is 2.00 bits per heavy atom. The van der Waals surface area contributed by atoms with Gasteiger partial charge in [0.1, 0.15) is 18.0 Å². The molecule has 2 aromatic heterocycles. The standard InChI is InChI=1S/C32H40N7O5PS/c1-8-21-16-26(39-19-34-27-28(38(6)7)35-31(33)36-29(27)39)43-25(21)17-42-45(46,37-20(2)30(40)41-18-32(3,4)5)44-24-15-11-13-22-12-9-10-14-23(22)24/h1,9-15,19-21,25-26H,16-18H2,2-7H3,(H,37,46)(H2,33,35,36)/t20-,21+,25+,26+,45-/m0/s1. The third kappa shape index (κ3) is 7.60. The molecule has 0 unspecified atom stereocenters. The van der Waals surface area contributed by atoms with Crippen molar-refractivity contribution in [3.05, 3.63) is 48.8 Å². The first-order valence-corrected chi connectivity index (χ1v) is 17.6. The number of hydrogen-bond donors (Lipinski definition) is 2. The van der Waals surface area contributed by atoms with E-state index in [1.807, 2.05) is 82.2 Å². The van der Waals surface area contributed by atoms with Crippen LogP contribution in [0.4, 0.5) is 11.8 Å². The van der Waals surface area contributed by atoms with Gasteiger partial charge in [0.25, 0.3) is 0 Å². The number of rotatable bonds is 11. The average Bonchev–Trinajstić information content (AvgIpc) is 3.62. The van der Waals surface area contributed by atoms with Crippen molar-refractivity contribution in [3.63, 3.8) is 0 Å². The van der Waals surface area contributed by atoms with Gasteiger partial charge in [-0.25, -0.2) is 10.1 Å². The Balaban J connectivity index is 1.38. The number of aromatic nitrogens is 4. The van der Waals surface area contributed by atoms with Crippen molar-refractivity contribution in [2.24, 2.45) is 11.3 Å². The molecule has 2 aromatic carbocycles. The van der Waals surface area contributed by atoms with Crippen molar-refractivity contribution in [1.29, 1.82) is 0 Å². The Hall–Kier alpha value is -3.79. The van der Waals surface area contributed by atoms with Gasteiger partial charge in [-0.05, 0) is 35.6 Å². The average molecular weight is 666 g/mol. The zero-order valence-corrected chi connectivity index (χ0v) is 28.5. The van der Waals surface area contributed by atoms with E-state index >= 15 is 0 Å². The van der Waals surface area contributed by atoms with E-state index in [4.69, 9.17) is 42.5 Å². The highest BCUT2D eigenvalue weighted by atomic mass is 32.5. The summed E-state index contributed by atoms with van der Waals surface area (Å²) in [5.41, 5.74) is 6.95. The van der Waals surface area contributed by atoms with Crippen LogP contribution in [0.5, 0.6) is 5.75 Å². The first kappa shape index (κ1) is 33.6. The lowest BCUT2D eigenvalue weighted by Gasteiger charge is -2.29. The maximum Gasteiger partial charge on any atom is 0.323 e. The second-order valence-electron chi connectivity index (χ2n) is 12.6. The molecule has 14 heteroatoms. The molecule has 5 atom stereocenters. The lowest BCUT2D eigenvalue weighted by Crippen LogP contribution is -2.37. The van der Waals surface area contributed by atoms with Gasteiger partial charge < -0.3 is 29.2 Å². The van der Waals surface area contributed by atoms with Crippen LogP contribution in [0.25, 0.3) is 21.9 Å². The van der Waals surface area contributed by atoms with Crippen LogP contribution in [0.1, 0.15) is 40.3 Å². The number of nitrogens with two attached hydrogens (primary N) is 1. The van der Waals surface area contributed by atoms with Crippen molar-refractivity contribution < 1.29 is 23.3 Å². The van der Waals surface area contributed by atoms with E-state index in [0.29, 0.717) is 29.2 Å². The highest BCUT2D eigenvalue weighted by molar-refractivity contribution is 8.09. The number of nitrogen functional groups attached to an aromatic ring is 1. The smallest absolute Gasteiger partial charge is 0.323 e. The van der Waals surface area contributed by atoms with Gasteiger partial charge in [0.05, 0.1) is 31.6 Å². The lowest BCUT2D eigenvalue weighted by molar-refractivity contribution is -0.148. The Kier molecular flexibility index (Phi) is 9.86. The fraction of sp³-hybridized carbons (Fsp3) is 0.438. The number of carbonyl (C=O) groups is 1. The predicted molar refractivity (Wildman–Crippen MR) is 183 cm³/mol. The second kappa shape index (κ2) is 13.5. The number of terminal acetylenes is 1. The molecule has 4 aromatic rings. The third-order valence-electron chi connectivity index (χ3n) is 7.33. The molecular weight excluding hydrogens is 625 g/mol. The predicted octanol–water partition coefficient (Wildman–Crippen LogP) is 5.05. The normalized spacial score (nSPS) is 20.2. The van der Waals surface area contributed by atoms with Crippen LogP contribution in [0.2, 0.25) is 0 Å². The fourth-order valence-corrected chi connectivity index (χ4v) is 7.46. The SMILES string of the molecule is C#C[C@@H]1C[C@H](n2cnc3c(N(C)C)nc(N)nc32)O[C@@H]1CO[P@@](=S)(N[C@@H](C)C(=O)OCC(C)(C)C)Oc1cccc2ccccc12. The largest absolute Gasteiger partial charge is 0.464 e. The third-order valence-corrected chi connectivity index (χ3v) is 9.82. The van der Waals surface area contributed by atoms with Crippen molar-refractivity contribution >= 4 is 58.1 Å². The highest BCUT2D eigenvalue weighted by Gasteiger charge is 2.39. The number of carbonyl (C=O) groups excluding carboxylic acids is 1. The number of esters is 1. The van der Waals surface area contributed by atoms with Crippen LogP contribution >= 0.6 is 6.64 Å². The van der Waals surface area contributed by atoms with Gasteiger partial charge in [-0.15, -0.1) is 12.3 Å². The molecule has 1 aliphatic rings. The molecule has 1 aliphatic heterocycles. The Labute approximate surface area is 274 Å². The van der Waals surface area contributed by atoms with Crippen molar-refractivity contribution in [3.8, 4) is 18.1 Å². The molecule has 46 heavy (non-hydrogen) atoms. The molecule has 3 heterocycles. The minimum atomic E-state index is -3.38. The summed E-state index contributed by atoms with van der Waals surface area (Å²) in [6.45, 7) is 4.52. The zero-order chi connectivity index (χ0) is 33.2. The summed E-state index contributed by atoms with van der Waals surface area (Å²) in [5.74, 6) is 3.31. The van der Waals surface area contributed by atoms with E-state index in [0.717, 1.165) is 10.8 Å². The number of anilines is 2. The van der Waals surface area contributed by atoms with Crippen LogP contribution in [0.3, 0.4) is 0 Å². The molecule has 3 N–H and O–H groups in total. The number of nitrogens with one attached hydrogen (secondary N) is 1. The molecule has 1 saturated heterocycles. The van der Waals surface area contributed by atoms with E-state index in [1.54, 1.807) is 17.8 Å². The molecule has 0 saturated carbocycles. The molecule has 5 rings (SSSR count). The van der Waals surface area contributed by atoms with Gasteiger partial charge in [-0.1, -0.05) is 57.2 Å². The molecule has 0 spiro atoms. The fourth-order valence-electron chi connectivity index (χ4n) is 5.04. The maximum absolute atomic E-state index is 13.0. The van der Waals surface area contributed by atoms with Gasteiger partial charge in [0, 0.05) is 25.9 Å². The van der Waals surface area contributed by atoms with E-state index in [1.165, 1.54) is 0 Å². The van der Waals surface area contributed by atoms with E-state index in [2.05, 4.69) is 26.0 Å². The number of nitrogens with zero attached hydrogens (tertiary/aromatic N) is 5. The first-order valence-electron chi connectivity index (χ1n) is 14.9. The van der Waals surface area contributed by atoms with E-state index < -0.39 is 31.0 Å². The van der Waals surface area contributed by atoms with E-state index in [9.17, 15) is 4.79 Å². The number of fused-ring (bicyclic) bond motifs is 2. The summed E-state index contributed by atoms with van der Waals surface area (Å²) in [6, 6.07) is 12.7. The van der Waals surface area contributed by atoms with Crippen LogP contribution < -0.4 is 20.2 Å². The lowest BCUT2D eigenvalue weighted by atomic mass is 9.99. The molecular formula is C32H40N7O5PS. The number of ether oxygens (including phenoxy) is 2. The van der Waals surface area contributed by atoms with Crippen molar-refractivity contribution in [1.82, 2.24) is 24.6 Å². The molecule has 0 bridgehead atoms. The summed E-state index contributed by atoms with van der Waals surface area (Å²) in [4.78, 5) is 28.1. The van der Waals surface area contributed by atoms with Gasteiger partial charge in [0.2, 0.25) is 5.95 Å². The molecule has 1 fully saturated rings. The van der Waals surface area contributed by atoms with Crippen LogP contribution in [-0.2, 0) is 30.6 Å². The zero-order valence-electron chi connectivity index (χ0n) is 26.8. The molecule has 12 nitrogen and oxygen atoms in total. The minimum Gasteiger partial charge on any atom is -0.464 e. The molecule has 0 aliphatic carbocycles. The summed E-state index contributed by atoms with van der Waals surface area (Å²) in [6.07, 6.45) is 7.07. The number of benzene rings is 2. The van der Waals surface area contributed by atoms with Gasteiger partial charge in [-0.2, -0.15) is 9.97 Å². The molecule has 0 radical (unpaired) electrons. The van der Waals surface area contributed by atoms with Crippen LogP contribution in [0.15, 0.2) is 48.8 Å². The summed E-state index contributed by atoms with van der Waals surface area (Å²) >= 11 is 6.02. The first-order chi connectivity index (χ1) is 21.8. The van der Waals surface area contributed by atoms with Gasteiger partial charge >= 0.3 is 12.6 Å².